The molecule has 1 aliphatic rings. The van der Waals surface area contributed by atoms with Crippen LogP contribution in [0, 0.1) is 5.92 Å². The molecule has 0 N–H and O–H groups in total. The van der Waals surface area contributed by atoms with Crippen molar-refractivity contribution in [3.63, 3.8) is 0 Å². The van der Waals surface area contributed by atoms with Crippen molar-refractivity contribution in [1.82, 2.24) is 4.68 Å². The van der Waals surface area contributed by atoms with Crippen LogP contribution in [0.4, 0.5) is 0 Å². The summed E-state index contributed by atoms with van der Waals surface area (Å²) in [5, 5.41) is 0. The molecule has 1 unspecified atom stereocenters. The molecule has 152 valence electrons. The second-order valence-electron chi connectivity index (χ2n) is 7.08. The highest BCUT2D eigenvalue weighted by molar-refractivity contribution is 6.14. The van der Waals surface area contributed by atoms with Crippen LogP contribution >= 0.6 is 0 Å². The van der Waals surface area contributed by atoms with Crippen molar-refractivity contribution in [2.45, 2.75) is 107 Å². The summed E-state index contributed by atoms with van der Waals surface area (Å²) in [6.07, 6.45) is 8.59. The van der Waals surface area contributed by atoms with Gasteiger partial charge in [-0.25, -0.2) is 9.57 Å². The average molecular weight is 367 g/mol. The van der Waals surface area contributed by atoms with Crippen molar-refractivity contribution in [2.24, 2.45) is 10.9 Å². The number of rotatable bonds is 4. The molecular weight excluding hydrogens is 320 g/mol. The first-order chi connectivity index (χ1) is 12.3. The number of hydrogen-bond donors (Lipinski definition) is 0. The van der Waals surface area contributed by atoms with Crippen LogP contribution in [0.3, 0.4) is 0 Å². The van der Waals surface area contributed by atoms with E-state index in [4.69, 9.17) is 0 Å². The standard InChI is InChI=1S/2C9H17N2.2C2H6/c1-8(2)10-6-5-7-11(10)9(3)4;1-7(2)9-10-5-6-11(9)8(3)4;2*1-2/h2*5-9H,1-4H3;2*1-2H3/q2*+1;;. The van der Waals surface area contributed by atoms with Crippen molar-refractivity contribution in [3.8, 4) is 0 Å². The fourth-order valence-corrected chi connectivity index (χ4v) is 2.61. The second-order valence-corrected chi connectivity index (χ2v) is 7.08. The van der Waals surface area contributed by atoms with Gasteiger partial charge < -0.3 is 0 Å². The van der Waals surface area contributed by atoms with Gasteiger partial charge in [0, 0.05) is 12.0 Å². The van der Waals surface area contributed by atoms with E-state index in [2.05, 4.69) is 99.0 Å². The first-order valence-corrected chi connectivity index (χ1v) is 10.5. The van der Waals surface area contributed by atoms with Crippen molar-refractivity contribution < 1.29 is 9.26 Å². The summed E-state index contributed by atoms with van der Waals surface area (Å²) in [6.45, 7) is 25.6. The van der Waals surface area contributed by atoms with Crippen LogP contribution in [0.2, 0.25) is 0 Å². The third-order valence-corrected chi connectivity index (χ3v) is 3.78. The van der Waals surface area contributed by atoms with Gasteiger partial charge in [0.05, 0.1) is 18.5 Å². The maximum atomic E-state index is 4.38. The van der Waals surface area contributed by atoms with E-state index in [1.807, 2.05) is 33.9 Å². The molecule has 0 radical (unpaired) electrons. The Kier molecular flexibility index (Phi) is 15.1. The van der Waals surface area contributed by atoms with Gasteiger partial charge in [0.2, 0.25) is 6.17 Å². The number of hydrogen-bond acceptors (Lipinski definition) is 1. The molecule has 0 aliphatic carbocycles. The highest BCUT2D eigenvalue weighted by atomic mass is 15.4. The van der Waals surface area contributed by atoms with Gasteiger partial charge >= 0.3 is 0 Å². The molecule has 0 saturated heterocycles. The van der Waals surface area contributed by atoms with E-state index in [1.165, 1.54) is 0 Å². The summed E-state index contributed by atoms with van der Waals surface area (Å²) in [6, 6.07) is 3.74. The largest absolute Gasteiger partial charge is 0.248 e. The average Bonchev–Trinajstić information content (AvgIpc) is 3.28. The Balaban J connectivity index is 0. The van der Waals surface area contributed by atoms with E-state index in [-0.39, 0.29) is 0 Å². The highest BCUT2D eigenvalue weighted by Gasteiger charge is 2.28. The number of aliphatic imine (C=N–C) groups is 1. The molecule has 1 aromatic heterocycles. The van der Waals surface area contributed by atoms with Crippen LogP contribution in [0.15, 0.2) is 23.5 Å². The topological polar surface area (TPSA) is 24.2 Å². The predicted octanol–water partition coefficient (Wildman–Crippen LogP) is 5.53. The molecule has 0 saturated carbocycles. The number of aromatic nitrogens is 2. The lowest BCUT2D eigenvalue weighted by atomic mass is 10.1. The first kappa shape index (κ1) is 26.8. The SMILES string of the molecule is CC.CC.CC(C)C1N=CC=[N+]1C(C)C.CC(C)n1ccc[n+]1C(C)C. The zero-order valence-electron chi connectivity index (χ0n) is 19.6. The van der Waals surface area contributed by atoms with E-state index in [9.17, 15) is 0 Å². The minimum Gasteiger partial charge on any atom is -0.219 e. The van der Waals surface area contributed by atoms with Gasteiger partial charge in [0.25, 0.3) is 0 Å². The fourth-order valence-electron chi connectivity index (χ4n) is 2.61. The van der Waals surface area contributed by atoms with Crippen molar-refractivity contribution >= 4 is 12.4 Å². The summed E-state index contributed by atoms with van der Waals surface area (Å²) < 4.78 is 6.78. The van der Waals surface area contributed by atoms with E-state index in [0.717, 1.165) is 0 Å². The zero-order chi connectivity index (χ0) is 20.9. The van der Waals surface area contributed by atoms with E-state index < -0.39 is 0 Å². The van der Waals surface area contributed by atoms with Gasteiger partial charge in [-0.15, -0.1) is 4.68 Å². The van der Waals surface area contributed by atoms with Crippen LogP contribution in [0.25, 0.3) is 0 Å². The summed E-state index contributed by atoms with van der Waals surface area (Å²) >= 11 is 0. The molecule has 2 rings (SSSR count). The molecule has 1 atom stereocenters. The van der Waals surface area contributed by atoms with Gasteiger partial charge in [-0.3, -0.25) is 0 Å². The molecule has 1 aromatic rings. The molecule has 0 aromatic carbocycles. The Labute approximate surface area is 163 Å². The van der Waals surface area contributed by atoms with Crippen LogP contribution in [0.1, 0.15) is 95.2 Å². The normalized spacial score (nSPS) is 15.2. The number of nitrogens with zero attached hydrogens (tertiary/aromatic N) is 4. The summed E-state index contributed by atoms with van der Waals surface area (Å²) in [4.78, 5) is 4.38. The second kappa shape index (κ2) is 14.7. The molecular formula is C22H46N4+2. The Morgan fingerprint density at radius 2 is 1.38 bits per heavy atom. The van der Waals surface area contributed by atoms with Gasteiger partial charge in [-0.1, -0.05) is 41.5 Å². The van der Waals surface area contributed by atoms with Crippen molar-refractivity contribution in [1.29, 1.82) is 0 Å². The zero-order valence-corrected chi connectivity index (χ0v) is 19.6. The molecule has 4 nitrogen and oxygen atoms in total. The maximum absolute atomic E-state index is 4.38. The molecule has 0 bridgehead atoms. The van der Waals surface area contributed by atoms with Crippen molar-refractivity contribution in [2.75, 3.05) is 0 Å². The summed E-state index contributed by atoms with van der Waals surface area (Å²) in [5.74, 6) is 0.604. The molecule has 0 spiro atoms. The van der Waals surface area contributed by atoms with Crippen LogP contribution in [-0.4, -0.2) is 33.9 Å². The third-order valence-electron chi connectivity index (χ3n) is 3.78. The van der Waals surface area contributed by atoms with E-state index in [1.54, 1.807) is 0 Å². The Bertz CT molecular complexity index is 485. The minimum atomic E-state index is 0.370. The smallest absolute Gasteiger partial charge is 0.219 e. The molecule has 2 heterocycles. The van der Waals surface area contributed by atoms with Crippen LogP contribution < -0.4 is 4.68 Å². The highest BCUT2D eigenvalue weighted by Crippen LogP contribution is 2.12. The Morgan fingerprint density at radius 3 is 1.69 bits per heavy atom. The molecule has 1 aliphatic heterocycles. The monoisotopic (exact) mass is 366 g/mol. The van der Waals surface area contributed by atoms with Crippen molar-refractivity contribution in [3.05, 3.63) is 18.5 Å². The molecule has 26 heavy (non-hydrogen) atoms. The third kappa shape index (κ3) is 8.77. The minimum absolute atomic E-state index is 0.370. The van der Waals surface area contributed by atoms with Gasteiger partial charge in [0.1, 0.15) is 6.04 Å². The summed E-state index contributed by atoms with van der Waals surface area (Å²) in [7, 11) is 0. The quantitative estimate of drug-likeness (QED) is 0.625. The van der Waals surface area contributed by atoms with E-state index >= 15 is 0 Å². The van der Waals surface area contributed by atoms with Gasteiger partial charge in [0.15, 0.2) is 18.5 Å². The van der Waals surface area contributed by atoms with Gasteiger partial charge in [-0.2, -0.15) is 4.68 Å². The van der Waals surface area contributed by atoms with Crippen LogP contribution in [-0.2, 0) is 0 Å². The van der Waals surface area contributed by atoms with Gasteiger partial charge in [-0.05, 0) is 41.5 Å². The van der Waals surface area contributed by atoms with Crippen LogP contribution in [0.5, 0.6) is 0 Å². The molecule has 0 amide bonds. The first-order valence-electron chi connectivity index (χ1n) is 10.5. The fraction of sp³-hybridized carbons (Fsp3) is 0.773. The maximum Gasteiger partial charge on any atom is 0.248 e. The lowest BCUT2D eigenvalue weighted by Gasteiger charge is -2.13. The Morgan fingerprint density at radius 1 is 0.846 bits per heavy atom. The summed E-state index contributed by atoms with van der Waals surface area (Å²) in [5.41, 5.74) is 0. The molecule has 4 heteroatoms. The lowest BCUT2D eigenvalue weighted by Crippen LogP contribution is -2.45. The molecule has 0 fully saturated rings. The predicted molar refractivity (Wildman–Crippen MR) is 117 cm³/mol. The van der Waals surface area contributed by atoms with E-state index in [0.29, 0.717) is 30.2 Å². The Hall–Kier alpha value is -1.45. The lowest BCUT2D eigenvalue weighted by molar-refractivity contribution is -0.794.